The van der Waals surface area contributed by atoms with E-state index < -0.39 is 0 Å². The minimum absolute atomic E-state index is 0.0522. The van der Waals surface area contributed by atoms with Crippen molar-refractivity contribution in [3.05, 3.63) is 0 Å². The van der Waals surface area contributed by atoms with Gasteiger partial charge in [-0.15, -0.1) is 0 Å². The highest BCUT2D eigenvalue weighted by atomic mass is 16.6. The summed E-state index contributed by atoms with van der Waals surface area (Å²) in [5.41, 5.74) is 0.354. The van der Waals surface area contributed by atoms with E-state index in [-0.39, 0.29) is 5.60 Å². The summed E-state index contributed by atoms with van der Waals surface area (Å²) in [4.78, 5) is 11.3. The second kappa shape index (κ2) is 3.56. The number of Topliss-reactive ketones (excluding diaryl/α,β-unsaturated/α-hetero) is 1. The fraction of sp³-hybridized carbons (Fsp3) is 0.929. The van der Waals surface area contributed by atoms with Gasteiger partial charge in [0, 0.05) is 6.42 Å². The van der Waals surface area contributed by atoms with Crippen LogP contribution in [-0.2, 0) is 9.53 Å². The molecule has 2 rings (SSSR count). The molecule has 1 aliphatic carbocycles. The number of hydrogen-bond acceptors (Lipinski definition) is 2. The van der Waals surface area contributed by atoms with Gasteiger partial charge in [-0.2, -0.15) is 0 Å². The molecule has 0 N–H and O–H groups in total. The van der Waals surface area contributed by atoms with Crippen LogP contribution < -0.4 is 0 Å². The SMILES string of the molecule is CC(=O)CC(C)C1C(C)(C)CCC2OC21C. The predicted octanol–water partition coefficient (Wildman–Crippen LogP) is 3.20. The Hall–Kier alpha value is -0.370. The lowest BCUT2D eigenvalue weighted by molar-refractivity contribution is -0.118. The Balaban J connectivity index is 2.18. The monoisotopic (exact) mass is 224 g/mol. The Morgan fingerprint density at radius 2 is 2.06 bits per heavy atom. The molecular formula is C14H24O2. The number of carbonyl (C=O) groups is 1. The maximum atomic E-state index is 11.3. The second-order valence-corrected chi connectivity index (χ2v) is 6.68. The van der Waals surface area contributed by atoms with Crippen molar-refractivity contribution >= 4 is 5.78 Å². The van der Waals surface area contributed by atoms with Crippen LogP contribution in [0.5, 0.6) is 0 Å². The van der Waals surface area contributed by atoms with Crippen molar-refractivity contribution in [2.75, 3.05) is 0 Å². The minimum Gasteiger partial charge on any atom is -0.366 e. The van der Waals surface area contributed by atoms with E-state index in [1.807, 2.05) is 0 Å². The number of fused-ring (bicyclic) bond motifs is 1. The second-order valence-electron chi connectivity index (χ2n) is 6.68. The molecule has 1 heterocycles. The molecule has 2 heteroatoms. The van der Waals surface area contributed by atoms with Crippen molar-refractivity contribution in [1.82, 2.24) is 0 Å². The van der Waals surface area contributed by atoms with Gasteiger partial charge in [0.1, 0.15) is 5.78 Å². The van der Waals surface area contributed by atoms with Crippen molar-refractivity contribution in [3.8, 4) is 0 Å². The molecule has 92 valence electrons. The van der Waals surface area contributed by atoms with E-state index in [2.05, 4.69) is 27.7 Å². The van der Waals surface area contributed by atoms with Crippen molar-refractivity contribution < 1.29 is 9.53 Å². The number of carbonyl (C=O) groups excluding carboxylic acids is 1. The van der Waals surface area contributed by atoms with E-state index in [1.165, 1.54) is 12.8 Å². The van der Waals surface area contributed by atoms with Crippen LogP contribution in [0.15, 0.2) is 0 Å². The lowest BCUT2D eigenvalue weighted by atomic mass is 9.59. The van der Waals surface area contributed by atoms with E-state index in [1.54, 1.807) is 6.92 Å². The van der Waals surface area contributed by atoms with Crippen molar-refractivity contribution in [3.63, 3.8) is 0 Å². The number of ketones is 1. The first-order valence-corrected chi connectivity index (χ1v) is 6.44. The molecule has 0 aromatic rings. The van der Waals surface area contributed by atoms with Gasteiger partial charge in [0.05, 0.1) is 11.7 Å². The topological polar surface area (TPSA) is 29.6 Å². The third kappa shape index (κ3) is 1.81. The van der Waals surface area contributed by atoms with Crippen LogP contribution in [0.2, 0.25) is 0 Å². The molecule has 0 aromatic carbocycles. The molecule has 1 saturated carbocycles. The molecule has 0 bridgehead atoms. The number of rotatable bonds is 3. The smallest absolute Gasteiger partial charge is 0.130 e. The molecule has 2 nitrogen and oxygen atoms in total. The highest BCUT2D eigenvalue weighted by Crippen LogP contribution is 2.60. The predicted molar refractivity (Wildman–Crippen MR) is 64.2 cm³/mol. The zero-order chi connectivity index (χ0) is 12.1. The summed E-state index contributed by atoms with van der Waals surface area (Å²) in [6.45, 7) is 10.8. The molecule has 0 aromatic heterocycles. The van der Waals surface area contributed by atoms with Gasteiger partial charge in [0.15, 0.2) is 0 Å². The van der Waals surface area contributed by atoms with Gasteiger partial charge in [0.2, 0.25) is 0 Å². The van der Waals surface area contributed by atoms with E-state index in [9.17, 15) is 4.79 Å². The van der Waals surface area contributed by atoms with Gasteiger partial charge in [0.25, 0.3) is 0 Å². The quantitative estimate of drug-likeness (QED) is 0.689. The summed E-state index contributed by atoms with van der Waals surface area (Å²) in [5, 5.41) is 0. The van der Waals surface area contributed by atoms with Crippen molar-refractivity contribution in [1.29, 1.82) is 0 Å². The van der Waals surface area contributed by atoms with Crippen molar-refractivity contribution in [2.45, 2.75) is 65.6 Å². The van der Waals surface area contributed by atoms with Crippen LogP contribution in [0.4, 0.5) is 0 Å². The molecule has 4 unspecified atom stereocenters. The molecule has 2 fully saturated rings. The van der Waals surface area contributed by atoms with Crippen LogP contribution in [0, 0.1) is 17.3 Å². The Bertz CT molecular complexity index is 303. The Morgan fingerprint density at radius 3 is 2.62 bits per heavy atom. The van der Waals surface area contributed by atoms with Gasteiger partial charge in [-0.05, 0) is 43.9 Å². The summed E-state index contributed by atoms with van der Waals surface area (Å²) in [5.74, 6) is 1.25. The number of epoxide rings is 1. The maximum Gasteiger partial charge on any atom is 0.130 e. The average Bonchev–Trinajstić information content (AvgIpc) is 2.72. The fourth-order valence-electron chi connectivity index (χ4n) is 4.23. The van der Waals surface area contributed by atoms with Crippen LogP contribution in [0.1, 0.15) is 53.9 Å². The Morgan fingerprint density at radius 1 is 1.44 bits per heavy atom. The first-order valence-electron chi connectivity index (χ1n) is 6.44. The van der Waals surface area contributed by atoms with Gasteiger partial charge in [-0.3, -0.25) is 0 Å². The molecule has 16 heavy (non-hydrogen) atoms. The Kier molecular flexibility index (Phi) is 2.69. The molecule has 1 aliphatic heterocycles. The highest BCUT2D eigenvalue weighted by Gasteiger charge is 2.65. The molecular weight excluding hydrogens is 200 g/mol. The summed E-state index contributed by atoms with van der Waals surface area (Å²) in [7, 11) is 0. The van der Waals surface area contributed by atoms with Gasteiger partial charge in [-0.25, -0.2) is 0 Å². The Labute approximate surface area is 98.7 Å². The first kappa shape index (κ1) is 12.1. The molecule has 0 radical (unpaired) electrons. The zero-order valence-electron chi connectivity index (χ0n) is 11.2. The molecule has 0 amide bonds. The number of hydrogen-bond donors (Lipinski definition) is 0. The molecule has 0 spiro atoms. The summed E-state index contributed by atoms with van der Waals surface area (Å²) in [6, 6.07) is 0. The van der Waals surface area contributed by atoms with E-state index in [0.29, 0.717) is 35.6 Å². The molecule has 4 atom stereocenters. The van der Waals surface area contributed by atoms with Gasteiger partial charge in [-0.1, -0.05) is 20.8 Å². The van der Waals surface area contributed by atoms with E-state index in [4.69, 9.17) is 4.74 Å². The van der Waals surface area contributed by atoms with E-state index in [0.717, 1.165) is 0 Å². The standard InChI is InChI=1S/C14H24O2/c1-9(8-10(2)15)12-13(3,4)7-6-11-14(12,5)16-11/h9,11-12H,6-8H2,1-5H3. The lowest BCUT2D eigenvalue weighted by Gasteiger charge is -2.44. The summed E-state index contributed by atoms with van der Waals surface area (Å²) >= 11 is 0. The van der Waals surface area contributed by atoms with E-state index >= 15 is 0 Å². The summed E-state index contributed by atoms with van der Waals surface area (Å²) in [6.07, 6.45) is 3.56. The lowest BCUT2D eigenvalue weighted by Crippen LogP contribution is -2.44. The first-order chi connectivity index (χ1) is 7.27. The normalized spacial score (nSPS) is 42.3. The maximum absolute atomic E-state index is 11.3. The summed E-state index contributed by atoms with van der Waals surface area (Å²) < 4.78 is 5.90. The van der Waals surface area contributed by atoms with Crippen LogP contribution >= 0.6 is 0 Å². The van der Waals surface area contributed by atoms with Crippen molar-refractivity contribution in [2.24, 2.45) is 17.3 Å². The largest absolute Gasteiger partial charge is 0.366 e. The zero-order valence-corrected chi connectivity index (χ0v) is 11.2. The van der Waals surface area contributed by atoms with Crippen LogP contribution in [0.25, 0.3) is 0 Å². The molecule has 1 saturated heterocycles. The van der Waals surface area contributed by atoms with Gasteiger partial charge >= 0.3 is 0 Å². The van der Waals surface area contributed by atoms with Gasteiger partial charge < -0.3 is 9.53 Å². The van der Waals surface area contributed by atoms with Crippen LogP contribution in [-0.4, -0.2) is 17.5 Å². The fourth-order valence-corrected chi connectivity index (χ4v) is 4.23. The number of ether oxygens (including phenoxy) is 1. The average molecular weight is 224 g/mol. The third-order valence-corrected chi connectivity index (χ3v) is 4.67. The minimum atomic E-state index is 0.0522. The highest BCUT2D eigenvalue weighted by molar-refractivity contribution is 5.75. The van der Waals surface area contributed by atoms with Crippen LogP contribution in [0.3, 0.4) is 0 Å². The molecule has 2 aliphatic rings. The third-order valence-electron chi connectivity index (χ3n) is 4.67.